The first-order valence-corrected chi connectivity index (χ1v) is 11.6. The van der Waals surface area contributed by atoms with Crippen LogP contribution in [0.25, 0.3) is 16.8 Å². The molecule has 6 nitrogen and oxygen atoms in total. The number of nitrogens with zero attached hydrogens (tertiary/aromatic N) is 2. The number of carbonyl (C=O) groups is 1. The number of ether oxygens (including phenoxy) is 1. The molecular weight excluding hydrogens is 428 g/mol. The molecule has 3 heterocycles. The maximum absolute atomic E-state index is 13.4. The second-order valence-corrected chi connectivity index (χ2v) is 8.67. The molecule has 2 aromatic carbocycles. The summed E-state index contributed by atoms with van der Waals surface area (Å²) in [5.74, 6) is 2.06. The Bertz CT molecular complexity index is 1370. The Morgan fingerprint density at radius 2 is 1.88 bits per heavy atom. The van der Waals surface area contributed by atoms with E-state index in [1.807, 2.05) is 72.8 Å². The highest BCUT2D eigenvalue weighted by atomic mass is 16.5. The molecule has 2 aliphatic rings. The van der Waals surface area contributed by atoms with Crippen LogP contribution in [0.15, 0.2) is 98.8 Å². The van der Waals surface area contributed by atoms with Crippen LogP contribution in [0.3, 0.4) is 0 Å². The fourth-order valence-electron chi connectivity index (χ4n) is 4.96. The van der Waals surface area contributed by atoms with Gasteiger partial charge in [-0.15, -0.1) is 0 Å². The molecule has 0 bridgehead atoms. The van der Waals surface area contributed by atoms with Gasteiger partial charge in [0, 0.05) is 5.92 Å². The maximum atomic E-state index is 13.4. The average molecular weight is 453 g/mol. The lowest BCUT2D eigenvalue weighted by Gasteiger charge is -2.27. The van der Waals surface area contributed by atoms with Crippen molar-refractivity contribution < 1.29 is 18.4 Å². The van der Waals surface area contributed by atoms with Gasteiger partial charge in [0.2, 0.25) is 0 Å². The molecule has 6 rings (SSSR count). The first-order chi connectivity index (χ1) is 16.8. The van der Waals surface area contributed by atoms with E-state index in [1.54, 1.807) is 17.5 Å². The van der Waals surface area contributed by atoms with E-state index in [0.717, 1.165) is 52.8 Å². The zero-order valence-corrected chi connectivity index (χ0v) is 18.6. The van der Waals surface area contributed by atoms with E-state index in [1.165, 1.54) is 0 Å². The van der Waals surface area contributed by atoms with Crippen molar-refractivity contribution in [1.82, 2.24) is 5.01 Å². The highest BCUT2D eigenvalue weighted by Crippen LogP contribution is 2.44. The first-order valence-electron chi connectivity index (χ1n) is 11.6. The van der Waals surface area contributed by atoms with E-state index in [0.29, 0.717) is 5.75 Å². The number of benzene rings is 2. The van der Waals surface area contributed by atoms with Crippen LogP contribution in [0.4, 0.5) is 0 Å². The first kappa shape index (κ1) is 20.5. The van der Waals surface area contributed by atoms with Gasteiger partial charge in [0.15, 0.2) is 6.61 Å². The molecule has 4 aromatic rings. The molecule has 34 heavy (non-hydrogen) atoms. The molecule has 6 heteroatoms. The predicted molar refractivity (Wildman–Crippen MR) is 129 cm³/mol. The lowest BCUT2D eigenvalue weighted by molar-refractivity contribution is -0.136. The molecular formula is C28H24N2O4. The summed E-state index contributed by atoms with van der Waals surface area (Å²) in [6.45, 7) is -0.101. The summed E-state index contributed by atoms with van der Waals surface area (Å²) in [5.41, 5.74) is 2.04. The van der Waals surface area contributed by atoms with Gasteiger partial charge < -0.3 is 13.6 Å². The number of hydrogen-bond acceptors (Lipinski definition) is 5. The average Bonchev–Trinajstić information content (AvgIpc) is 3.63. The van der Waals surface area contributed by atoms with Gasteiger partial charge >= 0.3 is 0 Å². The second kappa shape index (κ2) is 8.71. The summed E-state index contributed by atoms with van der Waals surface area (Å²) in [4.78, 5) is 13.4. The van der Waals surface area contributed by atoms with Crippen molar-refractivity contribution in [2.45, 2.75) is 25.3 Å². The van der Waals surface area contributed by atoms with Crippen molar-refractivity contribution in [3.8, 4) is 5.75 Å². The van der Waals surface area contributed by atoms with Crippen LogP contribution < -0.4 is 4.74 Å². The highest BCUT2D eigenvalue weighted by molar-refractivity contribution is 6.08. The minimum atomic E-state index is -0.280. The number of rotatable bonds is 5. The molecule has 0 saturated heterocycles. The van der Waals surface area contributed by atoms with Crippen LogP contribution in [0.5, 0.6) is 5.75 Å². The number of furan rings is 2. The van der Waals surface area contributed by atoms with E-state index in [2.05, 4.69) is 0 Å². The monoisotopic (exact) mass is 452 g/mol. The Labute approximate surface area is 197 Å². The van der Waals surface area contributed by atoms with Gasteiger partial charge in [0.25, 0.3) is 5.91 Å². The van der Waals surface area contributed by atoms with Crippen molar-refractivity contribution in [2.75, 3.05) is 6.61 Å². The number of amides is 1. The minimum Gasteiger partial charge on any atom is -0.484 e. The predicted octanol–water partition coefficient (Wildman–Crippen LogP) is 6.23. The van der Waals surface area contributed by atoms with Gasteiger partial charge in [0.05, 0.1) is 18.2 Å². The van der Waals surface area contributed by atoms with E-state index in [-0.39, 0.29) is 24.5 Å². The molecule has 1 saturated carbocycles. The van der Waals surface area contributed by atoms with Crippen LogP contribution in [0.1, 0.15) is 36.8 Å². The van der Waals surface area contributed by atoms with Gasteiger partial charge in [-0.05, 0) is 78.1 Å². The SMILES string of the molecule is O=C(COc1ccc2ccccc2c1)N1N=C2/C(=C\c3ccco3)CCC[C@@H]2[C@@H]1c1ccco1. The van der Waals surface area contributed by atoms with E-state index in [9.17, 15) is 4.79 Å². The van der Waals surface area contributed by atoms with Crippen LogP contribution in [0.2, 0.25) is 0 Å². The third kappa shape index (κ3) is 3.81. The lowest BCUT2D eigenvalue weighted by Crippen LogP contribution is -2.34. The summed E-state index contributed by atoms with van der Waals surface area (Å²) >= 11 is 0. The third-order valence-electron chi connectivity index (χ3n) is 6.53. The molecule has 0 spiro atoms. The Morgan fingerprint density at radius 1 is 1.03 bits per heavy atom. The fraction of sp³-hybridized carbons (Fsp3) is 0.214. The van der Waals surface area contributed by atoms with Gasteiger partial charge in [-0.2, -0.15) is 5.10 Å². The van der Waals surface area contributed by atoms with Crippen molar-refractivity contribution in [1.29, 1.82) is 0 Å². The smallest absolute Gasteiger partial charge is 0.281 e. The number of fused-ring (bicyclic) bond motifs is 2. The lowest BCUT2D eigenvalue weighted by atomic mass is 9.79. The molecule has 1 amide bonds. The van der Waals surface area contributed by atoms with Crippen LogP contribution in [0, 0.1) is 5.92 Å². The summed E-state index contributed by atoms with van der Waals surface area (Å²) in [5, 5.41) is 8.58. The zero-order chi connectivity index (χ0) is 22.9. The quantitative estimate of drug-likeness (QED) is 0.360. The molecule has 2 aromatic heterocycles. The topological polar surface area (TPSA) is 68.2 Å². The molecule has 0 unspecified atom stereocenters. The molecule has 1 aliphatic carbocycles. The Kier molecular flexibility index (Phi) is 5.26. The van der Waals surface area contributed by atoms with Crippen molar-refractivity contribution >= 4 is 28.5 Å². The van der Waals surface area contributed by atoms with Gasteiger partial charge in [-0.25, -0.2) is 5.01 Å². The molecule has 1 fully saturated rings. The van der Waals surface area contributed by atoms with Crippen LogP contribution >= 0.6 is 0 Å². The molecule has 2 atom stereocenters. The van der Waals surface area contributed by atoms with Crippen molar-refractivity contribution in [2.24, 2.45) is 11.0 Å². The van der Waals surface area contributed by atoms with Crippen molar-refractivity contribution in [3.63, 3.8) is 0 Å². The summed E-state index contributed by atoms with van der Waals surface area (Å²) in [6.07, 6.45) is 8.19. The van der Waals surface area contributed by atoms with Gasteiger partial charge in [-0.3, -0.25) is 4.79 Å². The van der Waals surface area contributed by atoms with E-state index >= 15 is 0 Å². The molecule has 170 valence electrons. The Morgan fingerprint density at radius 3 is 2.71 bits per heavy atom. The Hall–Kier alpha value is -4.06. The second-order valence-electron chi connectivity index (χ2n) is 8.67. The minimum absolute atomic E-state index is 0.0748. The largest absolute Gasteiger partial charge is 0.484 e. The Balaban J connectivity index is 1.28. The van der Waals surface area contributed by atoms with Crippen molar-refractivity contribution in [3.05, 3.63) is 96.3 Å². The van der Waals surface area contributed by atoms with E-state index in [4.69, 9.17) is 18.7 Å². The third-order valence-corrected chi connectivity index (χ3v) is 6.53. The van der Waals surface area contributed by atoms with Gasteiger partial charge in [0.1, 0.15) is 23.3 Å². The van der Waals surface area contributed by atoms with E-state index < -0.39 is 0 Å². The van der Waals surface area contributed by atoms with Crippen LogP contribution in [-0.4, -0.2) is 23.2 Å². The maximum Gasteiger partial charge on any atom is 0.281 e. The molecule has 0 radical (unpaired) electrons. The number of allylic oxidation sites excluding steroid dienone is 1. The normalized spacial score (nSPS) is 21.0. The standard InChI is InChI=1S/C28H24N2O4/c31-26(18-34-23-13-12-19-6-1-2-7-20(19)16-23)30-28(25-11-5-15-33-25)24-10-3-8-21(27(24)29-30)17-22-9-4-14-32-22/h1-2,4-7,9,11-17,24,28H,3,8,10,18H2/b21-17-/t24-,28+/m0/s1. The fourth-order valence-corrected chi connectivity index (χ4v) is 4.96. The summed E-state index contributed by atoms with van der Waals surface area (Å²) in [6, 6.07) is 21.2. The number of hydrogen-bond donors (Lipinski definition) is 0. The number of carbonyl (C=O) groups excluding carboxylic acids is 1. The zero-order valence-electron chi connectivity index (χ0n) is 18.6. The molecule has 1 aliphatic heterocycles. The molecule has 0 N–H and O–H groups in total. The summed E-state index contributed by atoms with van der Waals surface area (Å²) < 4.78 is 17.2. The highest BCUT2D eigenvalue weighted by Gasteiger charge is 2.45. The summed E-state index contributed by atoms with van der Waals surface area (Å²) in [7, 11) is 0. The van der Waals surface area contributed by atoms with Crippen LogP contribution in [-0.2, 0) is 4.79 Å². The number of hydrazone groups is 1. The van der Waals surface area contributed by atoms with Gasteiger partial charge in [-0.1, -0.05) is 30.3 Å².